The van der Waals surface area contributed by atoms with Gasteiger partial charge in [-0.05, 0) is 23.3 Å². The molecule has 1 aliphatic rings. The zero-order valence-electron chi connectivity index (χ0n) is 16.4. The van der Waals surface area contributed by atoms with Crippen LogP contribution >= 0.6 is 0 Å². The molecule has 0 fully saturated rings. The molecular formula is C22H26N4O2. The first-order valence-electron chi connectivity index (χ1n) is 9.58. The molecule has 1 aliphatic heterocycles. The molecule has 0 N–H and O–H groups in total. The minimum Gasteiger partial charge on any atom is -0.497 e. The first-order valence-corrected chi connectivity index (χ1v) is 9.58. The highest BCUT2D eigenvalue weighted by atomic mass is 16.5. The van der Waals surface area contributed by atoms with Crippen molar-refractivity contribution in [2.75, 3.05) is 20.3 Å². The lowest BCUT2D eigenvalue weighted by Crippen LogP contribution is -2.36. The largest absolute Gasteiger partial charge is 0.497 e. The SMILES string of the molecule is COc1ccc(CN2Cc3nnn(C)c3[C@H](COCc3ccccc3)C2)cc1. The van der Waals surface area contributed by atoms with E-state index in [9.17, 15) is 0 Å². The molecule has 1 atom stereocenters. The lowest BCUT2D eigenvalue weighted by Gasteiger charge is -2.32. The Morgan fingerprint density at radius 1 is 1.04 bits per heavy atom. The molecule has 1 aromatic heterocycles. The quantitative estimate of drug-likeness (QED) is 0.632. The molecular weight excluding hydrogens is 352 g/mol. The maximum atomic E-state index is 6.06. The Kier molecular flexibility index (Phi) is 5.69. The highest BCUT2D eigenvalue weighted by Crippen LogP contribution is 2.28. The second kappa shape index (κ2) is 8.54. The fourth-order valence-corrected chi connectivity index (χ4v) is 3.83. The summed E-state index contributed by atoms with van der Waals surface area (Å²) in [6, 6.07) is 18.5. The van der Waals surface area contributed by atoms with Crippen molar-refractivity contribution in [3.8, 4) is 5.75 Å². The molecule has 28 heavy (non-hydrogen) atoms. The van der Waals surface area contributed by atoms with Crippen LogP contribution in [0.5, 0.6) is 5.75 Å². The highest BCUT2D eigenvalue weighted by Gasteiger charge is 2.30. The fourth-order valence-electron chi connectivity index (χ4n) is 3.83. The zero-order chi connectivity index (χ0) is 19.3. The fraction of sp³-hybridized carbons (Fsp3) is 0.364. The third-order valence-electron chi connectivity index (χ3n) is 5.18. The minimum absolute atomic E-state index is 0.255. The summed E-state index contributed by atoms with van der Waals surface area (Å²) >= 11 is 0. The third kappa shape index (κ3) is 4.24. The normalized spacial score (nSPS) is 16.7. The van der Waals surface area contributed by atoms with E-state index in [-0.39, 0.29) is 5.92 Å². The molecule has 146 valence electrons. The van der Waals surface area contributed by atoms with Gasteiger partial charge in [0, 0.05) is 32.6 Å². The van der Waals surface area contributed by atoms with Crippen LogP contribution in [-0.4, -0.2) is 40.2 Å². The molecule has 0 amide bonds. The molecule has 6 heteroatoms. The molecule has 0 saturated carbocycles. The summed E-state index contributed by atoms with van der Waals surface area (Å²) < 4.78 is 13.2. The molecule has 0 spiro atoms. The molecule has 0 bridgehead atoms. The first-order chi connectivity index (χ1) is 13.7. The van der Waals surface area contributed by atoms with Crippen molar-refractivity contribution in [1.82, 2.24) is 19.9 Å². The second-order valence-electron chi connectivity index (χ2n) is 7.26. The Morgan fingerprint density at radius 2 is 1.82 bits per heavy atom. The van der Waals surface area contributed by atoms with Crippen LogP contribution in [0.1, 0.15) is 28.4 Å². The van der Waals surface area contributed by atoms with Gasteiger partial charge in [0.25, 0.3) is 0 Å². The molecule has 3 aromatic rings. The maximum Gasteiger partial charge on any atom is 0.118 e. The number of ether oxygens (including phenoxy) is 2. The average molecular weight is 378 g/mol. The van der Waals surface area contributed by atoms with E-state index in [2.05, 4.69) is 39.5 Å². The van der Waals surface area contributed by atoms with Gasteiger partial charge in [-0.2, -0.15) is 0 Å². The van der Waals surface area contributed by atoms with Gasteiger partial charge in [-0.3, -0.25) is 9.58 Å². The van der Waals surface area contributed by atoms with Gasteiger partial charge in [-0.25, -0.2) is 0 Å². The van der Waals surface area contributed by atoms with Crippen LogP contribution in [-0.2, 0) is 31.5 Å². The number of aryl methyl sites for hydroxylation is 1. The summed E-state index contributed by atoms with van der Waals surface area (Å²) in [5.74, 6) is 1.14. The number of aromatic nitrogens is 3. The van der Waals surface area contributed by atoms with E-state index in [1.54, 1.807) is 7.11 Å². The first kappa shape index (κ1) is 18.7. The summed E-state index contributed by atoms with van der Waals surface area (Å²) in [7, 11) is 3.66. The van der Waals surface area contributed by atoms with E-state index in [0.717, 1.165) is 31.1 Å². The summed E-state index contributed by atoms with van der Waals surface area (Å²) in [5, 5.41) is 8.63. The molecule has 6 nitrogen and oxygen atoms in total. The van der Waals surface area contributed by atoms with E-state index < -0.39 is 0 Å². The van der Waals surface area contributed by atoms with Gasteiger partial charge in [0.2, 0.25) is 0 Å². The smallest absolute Gasteiger partial charge is 0.118 e. The van der Waals surface area contributed by atoms with Crippen molar-refractivity contribution in [3.05, 3.63) is 77.1 Å². The molecule has 2 heterocycles. The van der Waals surface area contributed by atoms with Gasteiger partial charge in [-0.1, -0.05) is 47.7 Å². The van der Waals surface area contributed by atoms with E-state index in [0.29, 0.717) is 13.2 Å². The predicted molar refractivity (Wildman–Crippen MR) is 107 cm³/mol. The third-order valence-corrected chi connectivity index (χ3v) is 5.18. The topological polar surface area (TPSA) is 52.4 Å². The van der Waals surface area contributed by atoms with Crippen LogP contribution in [0.15, 0.2) is 54.6 Å². The highest BCUT2D eigenvalue weighted by molar-refractivity contribution is 5.28. The van der Waals surface area contributed by atoms with Gasteiger partial charge in [0.1, 0.15) is 11.4 Å². The Balaban J connectivity index is 1.43. The zero-order valence-corrected chi connectivity index (χ0v) is 16.4. The van der Waals surface area contributed by atoms with E-state index >= 15 is 0 Å². The maximum absolute atomic E-state index is 6.06. The number of nitrogens with zero attached hydrogens (tertiary/aromatic N) is 4. The van der Waals surface area contributed by atoms with Gasteiger partial charge >= 0.3 is 0 Å². The summed E-state index contributed by atoms with van der Waals surface area (Å²) in [5.41, 5.74) is 4.70. The van der Waals surface area contributed by atoms with Crippen LogP contribution in [0.4, 0.5) is 0 Å². The summed E-state index contributed by atoms with van der Waals surface area (Å²) in [6.07, 6.45) is 0. The molecule has 0 unspecified atom stereocenters. The molecule has 0 aliphatic carbocycles. The van der Waals surface area contributed by atoms with Gasteiger partial charge < -0.3 is 9.47 Å². The Morgan fingerprint density at radius 3 is 2.57 bits per heavy atom. The van der Waals surface area contributed by atoms with Crippen molar-refractivity contribution in [2.24, 2.45) is 7.05 Å². The minimum atomic E-state index is 0.255. The molecule has 2 aromatic carbocycles. The molecule has 4 rings (SSSR count). The van der Waals surface area contributed by atoms with Gasteiger partial charge in [0.15, 0.2) is 0 Å². The standard InChI is InChI=1S/C22H26N4O2/c1-25-22-19(16-28-15-18-6-4-3-5-7-18)13-26(14-21(22)23-24-25)12-17-8-10-20(27-2)11-9-17/h3-11,19H,12-16H2,1-2H3/t19-/m0/s1. The number of fused-ring (bicyclic) bond motifs is 1. The monoisotopic (exact) mass is 378 g/mol. The average Bonchev–Trinajstić information content (AvgIpc) is 3.10. The van der Waals surface area contributed by atoms with E-state index in [1.807, 2.05) is 42.1 Å². The lowest BCUT2D eigenvalue weighted by atomic mass is 9.98. The van der Waals surface area contributed by atoms with Crippen molar-refractivity contribution >= 4 is 0 Å². The van der Waals surface area contributed by atoms with Crippen molar-refractivity contribution in [2.45, 2.75) is 25.6 Å². The Labute approximate surface area is 165 Å². The van der Waals surface area contributed by atoms with E-state index in [1.165, 1.54) is 16.8 Å². The molecule has 0 radical (unpaired) electrons. The molecule has 0 saturated heterocycles. The second-order valence-corrected chi connectivity index (χ2v) is 7.26. The van der Waals surface area contributed by atoms with Gasteiger partial charge in [0.05, 0.1) is 26.0 Å². The Hall–Kier alpha value is -2.70. The van der Waals surface area contributed by atoms with Crippen LogP contribution < -0.4 is 4.74 Å². The number of benzene rings is 2. The van der Waals surface area contributed by atoms with Crippen molar-refractivity contribution in [1.29, 1.82) is 0 Å². The number of rotatable bonds is 7. The van der Waals surface area contributed by atoms with Crippen LogP contribution in [0.2, 0.25) is 0 Å². The Bertz CT molecular complexity index is 893. The number of methoxy groups -OCH3 is 1. The number of hydrogen-bond acceptors (Lipinski definition) is 5. The lowest BCUT2D eigenvalue weighted by molar-refractivity contribution is 0.0830. The van der Waals surface area contributed by atoms with Crippen molar-refractivity contribution < 1.29 is 9.47 Å². The summed E-state index contributed by atoms with van der Waals surface area (Å²) in [4.78, 5) is 2.41. The van der Waals surface area contributed by atoms with E-state index in [4.69, 9.17) is 9.47 Å². The van der Waals surface area contributed by atoms with Crippen molar-refractivity contribution in [3.63, 3.8) is 0 Å². The number of hydrogen-bond donors (Lipinski definition) is 0. The predicted octanol–water partition coefficient (Wildman–Crippen LogP) is 3.14. The van der Waals surface area contributed by atoms with Crippen LogP contribution in [0.25, 0.3) is 0 Å². The van der Waals surface area contributed by atoms with Crippen LogP contribution in [0.3, 0.4) is 0 Å². The van der Waals surface area contributed by atoms with Gasteiger partial charge in [-0.15, -0.1) is 5.10 Å². The summed E-state index contributed by atoms with van der Waals surface area (Å²) in [6.45, 7) is 3.88. The van der Waals surface area contributed by atoms with Crippen LogP contribution in [0, 0.1) is 0 Å².